The number of nitrogens with zero attached hydrogens (tertiary/aromatic N) is 4. The lowest BCUT2D eigenvalue weighted by molar-refractivity contribution is -0.146. The van der Waals surface area contributed by atoms with Crippen molar-refractivity contribution in [1.82, 2.24) is 24.9 Å². The van der Waals surface area contributed by atoms with Crippen molar-refractivity contribution in [3.63, 3.8) is 0 Å². The van der Waals surface area contributed by atoms with Gasteiger partial charge in [0.05, 0.1) is 31.4 Å². The van der Waals surface area contributed by atoms with Crippen LogP contribution in [-0.2, 0) is 9.53 Å². The number of hydrogen-bond acceptors (Lipinski definition) is 8. The minimum atomic E-state index is -0.257. The number of ether oxygens (including phenoxy) is 2. The fourth-order valence-electron chi connectivity index (χ4n) is 4.03. The summed E-state index contributed by atoms with van der Waals surface area (Å²) in [6.45, 7) is 0. The van der Waals surface area contributed by atoms with E-state index in [-0.39, 0.29) is 29.7 Å². The van der Waals surface area contributed by atoms with Gasteiger partial charge in [-0.15, -0.1) is 0 Å². The van der Waals surface area contributed by atoms with Crippen molar-refractivity contribution < 1.29 is 19.1 Å². The van der Waals surface area contributed by atoms with Gasteiger partial charge in [-0.3, -0.25) is 9.59 Å². The molecule has 0 aliphatic heterocycles. The Morgan fingerprint density at radius 1 is 1.16 bits per heavy atom. The lowest BCUT2D eigenvalue weighted by Gasteiger charge is -2.27. The molecule has 0 radical (unpaired) electrons. The Balaban J connectivity index is 1.62. The van der Waals surface area contributed by atoms with Crippen molar-refractivity contribution >= 4 is 23.2 Å². The Bertz CT molecular complexity index is 1120. The predicted octanol–water partition coefficient (Wildman–Crippen LogP) is 1.84. The molecule has 1 aliphatic rings. The fraction of sp³-hybridized carbons (Fsp3) is 0.381. The Kier molecular flexibility index (Phi) is 5.70. The van der Waals surface area contributed by atoms with Crippen molar-refractivity contribution in [3.8, 4) is 17.1 Å². The zero-order valence-electron chi connectivity index (χ0n) is 17.4. The minimum Gasteiger partial charge on any atom is -0.481 e. The third-order valence-corrected chi connectivity index (χ3v) is 5.66. The molecule has 3 heterocycles. The van der Waals surface area contributed by atoms with Crippen LogP contribution in [-0.4, -0.2) is 51.7 Å². The first-order chi connectivity index (χ1) is 15.0. The molecule has 0 saturated heterocycles. The van der Waals surface area contributed by atoms with Gasteiger partial charge in [0.2, 0.25) is 5.88 Å². The van der Waals surface area contributed by atoms with Crippen LogP contribution in [0.3, 0.4) is 0 Å². The molecule has 0 unspecified atom stereocenters. The summed E-state index contributed by atoms with van der Waals surface area (Å²) >= 11 is 0. The van der Waals surface area contributed by atoms with E-state index in [1.54, 1.807) is 28.9 Å². The Morgan fingerprint density at radius 2 is 1.94 bits per heavy atom. The first-order valence-corrected chi connectivity index (χ1v) is 10.0. The summed E-state index contributed by atoms with van der Waals surface area (Å²) < 4.78 is 11.6. The topological polar surface area (TPSA) is 134 Å². The van der Waals surface area contributed by atoms with Crippen LogP contribution in [0.4, 0.5) is 5.82 Å². The van der Waals surface area contributed by atoms with Crippen molar-refractivity contribution in [2.24, 2.45) is 5.92 Å². The summed E-state index contributed by atoms with van der Waals surface area (Å²) in [5.41, 5.74) is 8.37. The molecule has 0 atom stereocenters. The maximum Gasteiger partial charge on any atom is 0.308 e. The molecule has 3 N–H and O–H groups in total. The molecule has 31 heavy (non-hydrogen) atoms. The molecule has 0 spiro atoms. The van der Waals surface area contributed by atoms with Crippen LogP contribution in [0, 0.1) is 5.92 Å². The maximum atomic E-state index is 13.2. The maximum absolute atomic E-state index is 13.2. The number of esters is 1. The summed E-state index contributed by atoms with van der Waals surface area (Å²) in [5.74, 6) is 0.105. The standard InChI is InChI=1S/C21H24N6O4/c1-30-17-9-13(7-8-23-17)16-10-15(18-19(22)24-11-25-27(16)18)20(28)26-14-5-3-12(4-6-14)21(29)31-2/h7-12,14H,3-6H2,1-2H3,(H,26,28)(H2,22,24,25)/t12-,14-. The van der Waals surface area contributed by atoms with Gasteiger partial charge in [-0.25, -0.2) is 14.5 Å². The van der Waals surface area contributed by atoms with E-state index in [1.807, 2.05) is 0 Å². The first kappa shape index (κ1) is 20.6. The monoisotopic (exact) mass is 424 g/mol. The number of anilines is 1. The zero-order valence-corrected chi connectivity index (χ0v) is 17.4. The molecule has 10 heteroatoms. The first-order valence-electron chi connectivity index (χ1n) is 10.0. The summed E-state index contributed by atoms with van der Waals surface area (Å²) in [6.07, 6.45) is 5.75. The van der Waals surface area contributed by atoms with Crippen LogP contribution < -0.4 is 15.8 Å². The van der Waals surface area contributed by atoms with E-state index in [4.69, 9.17) is 15.2 Å². The van der Waals surface area contributed by atoms with Crippen molar-refractivity contribution in [2.45, 2.75) is 31.7 Å². The van der Waals surface area contributed by atoms with E-state index in [2.05, 4.69) is 20.4 Å². The molecule has 4 rings (SSSR count). The van der Waals surface area contributed by atoms with Gasteiger partial charge in [0.1, 0.15) is 11.8 Å². The molecular formula is C21H24N6O4. The van der Waals surface area contributed by atoms with Crippen LogP contribution in [0.15, 0.2) is 30.7 Å². The van der Waals surface area contributed by atoms with Crippen LogP contribution in [0.1, 0.15) is 36.0 Å². The van der Waals surface area contributed by atoms with Crippen LogP contribution in [0.25, 0.3) is 16.8 Å². The highest BCUT2D eigenvalue weighted by molar-refractivity contribution is 6.05. The highest BCUT2D eigenvalue weighted by atomic mass is 16.5. The number of nitrogens with one attached hydrogen (secondary N) is 1. The number of methoxy groups -OCH3 is 2. The zero-order chi connectivity index (χ0) is 22.0. The number of rotatable bonds is 5. The smallest absolute Gasteiger partial charge is 0.308 e. The lowest BCUT2D eigenvalue weighted by atomic mass is 9.86. The molecule has 0 aromatic carbocycles. The minimum absolute atomic E-state index is 0.0290. The summed E-state index contributed by atoms with van der Waals surface area (Å²) in [5, 5.41) is 7.36. The van der Waals surface area contributed by atoms with Gasteiger partial charge in [-0.2, -0.15) is 5.10 Å². The fourth-order valence-corrected chi connectivity index (χ4v) is 4.03. The highest BCUT2D eigenvalue weighted by Crippen LogP contribution is 2.30. The quantitative estimate of drug-likeness (QED) is 0.593. The van der Waals surface area contributed by atoms with Gasteiger partial charge in [-0.05, 0) is 37.8 Å². The third kappa shape index (κ3) is 4.00. The van der Waals surface area contributed by atoms with E-state index < -0.39 is 0 Å². The number of nitrogens with two attached hydrogens (primary N) is 1. The van der Waals surface area contributed by atoms with E-state index in [9.17, 15) is 9.59 Å². The van der Waals surface area contributed by atoms with Crippen molar-refractivity contribution in [2.75, 3.05) is 20.0 Å². The molecular weight excluding hydrogens is 400 g/mol. The molecule has 3 aromatic heterocycles. The average molecular weight is 424 g/mol. The second kappa shape index (κ2) is 8.58. The van der Waals surface area contributed by atoms with Gasteiger partial charge >= 0.3 is 5.97 Å². The number of hydrogen-bond donors (Lipinski definition) is 2. The molecule has 3 aromatic rings. The Morgan fingerprint density at radius 3 is 2.65 bits per heavy atom. The SMILES string of the molecule is COc1cc(-c2cc(C(=O)N[C@H]3CC[C@H](C(=O)OC)CC3)c3c(N)ncnn23)ccn1. The normalized spacial score (nSPS) is 18.5. The van der Waals surface area contributed by atoms with Crippen LogP contribution in [0.5, 0.6) is 5.88 Å². The molecule has 1 aliphatic carbocycles. The Labute approximate surface area is 178 Å². The lowest BCUT2D eigenvalue weighted by Crippen LogP contribution is -2.38. The van der Waals surface area contributed by atoms with Gasteiger partial charge < -0.3 is 20.5 Å². The molecule has 1 saturated carbocycles. The molecule has 162 valence electrons. The van der Waals surface area contributed by atoms with E-state index in [0.29, 0.717) is 48.3 Å². The van der Waals surface area contributed by atoms with Gasteiger partial charge in [0, 0.05) is 23.9 Å². The summed E-state index contributed by atoms with van der Waals surface area (Å²) in [6, 6.07) is 5.28. The predicted molar refractivity (Wildman–Crippen MR) is 112 cm³/mol. The van der Waals surface area contributed by atoms with E-state index >= 15 is 0 Å². The third-order valence-electron chi connectivity index (χ3n) is 5.66. The molecule has 10 nitrogen and oxygen atoms in total. The number of aromatic nitrogens is 4. The van der Waals surface area contributed by atoms with E-state index in [1.165, 1.54) is 20.5 Å². The number of fused-ring (bicyclic) bond motifs is 1. The Hall–Kier alpha value is -3.69. The number of carbonyl (C=O) groups excluding carboxylic acids is 2. The molecule has 0 bridgehead atoms. The van der Waals surface area contributed by atoms with Crippen molar-refractivity contribution in [1.29, 1.82) is 0 Å². The van der Waals surface area contributed by atoms with Crippen LogP contribution in [0.2, 0.25) is 0 Å². The summed E-state index contributed by atoms with van der Waals surface area (Å²) in [4.78, 5) is 33.1. The van der Waals surface area contributed by atoms with Crippen LogP contribution >= 0.6 is 0 Å². The molecule has 1 fully saturated rings. The number of nitrogen functional groups attached to an aromatic ring is 1. The van der Waals surface area contributed by atoms with E-state index in [0.717, 1.165) is 5.56 Å². The number of amides is 1. The van der Waals surface area contributed by atoms with Gasteiger partial charge in [0.25, 0.3) is 5.91 Å². The molecule has 1 amide bonds. The second-order valence-corrected chi connectivity index (χ2v) is 7.48. The number of pyridine rings is 1. The summed E-state index contributed by atoms with van der Waals surface area (Å²) in [7, 11) is 2.94. The van der Waals surface area contributed by atoms with Gasteiger partial charge in [-0.1, -0.05) is 0 Å². The number of carbonyl (C=O) groups is 2. The van der Waals surface area contributed by atoms with Gasteiger partial charge in [0.15, 0.2) is 5.82 Å². The largest absolute Gasteiger partial charge is 0.481 e. The average Bonchev–Trinajstić information content (AvgIpc) is 3.20. The van der Waals surface area contributed by atoms with Crippen molar-refractivity contribution in [3.05, 3.63) is 36.3 Å². The highest BCUT2D eigenvalue weighted by Gasteiger charge is 2.29. The second-order valence-electron chi connectivity index (χ2n) is 7.48.